The van der Waals surface area contributed by atoms with Crippen LogP contribution in [0.1, 0.15) is 12.0 Å². The predicted molar refractivity (Wildman–Crippen MR) is 83.0 cm³/mol. The Hall–Kier alpha value is -1.44. The van der Waals surface area contributed by atoms with Gasteiger partial charge in [0.2, 0.25) is 15.9 Å². The molecule has 0 radical (unpaired) electrons. The lowest BCUT2D eigenvalue weighted by molar-refractivity contribution is -0.133. The molecule has 0 saturated carbocycles. The SMILES string of the molecule is COCCC(=O)N1CCN(S(=O)(=O)c2ccc(C)cc2)CC1. The van der Waals surface area contributed by atoms with Crippen LogP contribution in [-0.2, 0) is 19.6 Å². The highest BCUT2D eigenvalue weighted by molar-refractivity contribution is 7.89. The molecular weight excluding hydrogens is 304 g/mol. The van der Waals surface area contributed by atoms with E-state index in [4.69, 9.17) is 4.74 Å². The number of rotatable bonds is 5. The van der Waals surface area contributed by atoms with Gasteiger partial charge < -0.3 is 9.64 Å². The van der Waals surface area contributed by atoms with Gasteiger partial charge in [-0.2, -0.15) is 4.31 Å². The topological polar surface area (TPSA) is 66.9 Å². The van der Waals surface area contributed by atoms with Crippen molar-refractivity contribution in [2.45, 2.75) is 18.2 Å². The lowest BCUT2D eigenvalue weighted by atomic mass is 10.2. The lowest BCUT2D eigenvalue weighted by Gasteiger charge is -2.34. The highest BCUT2D eigenvalue weighted by Gasteiger charge is 2.29. The van der Waals surface area contributed by atoms with Crippen molar-refractivity contribution in [3.63, 3.8) is 0 Å². The van der Waals surface area contributed by atoms with Gasteiger partial charge in [-0.05, 0) is 19.1 Å². The molecule has 1 saturated heterocycles. The molecule has 1 aromatic carbocycles. The Morgan fingerprint density at radius 3 is 2.27 bits per heavy atom. The fraction of sp³-hybridized carbons (Fsp3) is 0.533. The third-order valence-electron chi connectivity index (χ3n) is 3.77. The van der Waals surface area contributed by atoms with Gasteiger partial charge in [0.1, 0.15) is 0 Å². The van der Waals surface area contributed by atoms with Crippen molar-refractivity contribution < 1.29 is 17.9 Å². The maximum absolute atomic E-state index is 12.5. The zero-order chi connectivity index (χ0) is 16.2. The number of hydrogen-bond acceptors (Lipinski definition) is 4. The Kier molecular flexibility index (Phi) is 5.55. The van der Waals surface area contributed by atoms with E-state index in [2.05, 4.69) is 0 Å². The van der Waals surface area contributed by atoms with Crippen molar-refractivity contribution in [3.05, 3.63) is 29.8 Å². The van der Waals surface area contributed by atoms with Gasteiger partial charge in [-0.15, -0.1) is 0 Å². The molecule has 22 heavy (non-hydrogen) atoms. The summed E-state index contributed by atoms with van der Waals surface area (Å²) in [5, 5.41) is 0. The summed E-state index contributed by atoms with van der Waals surface area (Å²) < 4.78 is 31.4. The number of benzene rings is 1. The number of methoxy groups -OCH3 is 1. The van der Waals surface area contributed by atoms with Crippen LogP contribution < -0.4 is 0 Å². The molecule has 0 bridgehead atoms. The molecule has 0 atom stereocenters. The summed E-state index contributed by atoms with van der Waals surface area (Å²) in [5.74, 6) is 0.00855. The van der Waals surface area contributed by atoms with Crippen LogP contribution in [0.3, 0.4) is 0 Å². The maximum atomic E-state index is 12.5. The number of aryl methyl sites for hydroxylation is 1. The zero-order valence-electron chi connectivity index (χ0n) is 13.0. The second-order valence-corrected chi connectivity index (χ2v) is 7.28. The lowest BCUT2D eigenvalue weighted by Crippen LogP contribution is -2.50. The van der Waals surface area contributed by atoms with E-state index in [1.54, 1.807) is 36.3 Å². The number of carbonyl (C=O) groups is 1. The van der Waals surface area contributed by atoms with E-state index in [1.165, 1.54) is 4.31 Å². The van der Waals surface area contributed by atoms with Crippen molar-refractivity contribution >= 4 is 15.9 Å². The molecule has 0 unspecified atom stereocenters. The summed E-state index contributed by atoms with van der Waals surface area (Å²) >= 11 is 0. The van der Waals surface area contributed by atoms with E-state index in [1.807, 2.05) is 6.92 Å². The molecule has 1 aliphatic rings. The van der Waals surface area contributed by atoms with Crippen LogP contribution in [0, 0.1) is 6.92 Å². The maximum Gasteiger partial charge on any atom is 0.243 e. The number of nitrogens with zero attached hydrogens (tertiary/aromatic N) is 2. The zero-order valence-corrected chi connectivity index (χ0v) is 13.8. The second kappa shape index (κ2) is 7.21. The van der Waals surface area contributed by atoms with Crippen LogP contribution in [0.15, 0.2) is 29.2 Å². The van der Waals surface area contributed by atoms with Crippen molar-refractivity contribution in [3.8, 4) is 0 Å². The summed E-state index contributed by atoms with van der Waals surface area (Å²) in [7, 11) is -1.92. The van der Waals surface area contributed by atoms with Gasteiger partial charge in [-0.1, -0.05) is 17.7 Å². The molecule has 1 fully saturated rings. The first-order chi connectivity index (χ1) is 10.4. The molecule has 2 rings (SSSR count). The molecule has 1 aliphatic heterocycles. The highest BCUT2D eigenvalue weighted by atomic mass is 32.2. The van der Waals surface area contributed by atoms with E-state index in [-0.39, 0.29) is 5.91 Å². The summed E-state index contributed by atoms with van der Waals surface area (Å²) in [5.41, 5.74) is 1.02. The van der Waals surface area contributed by atoms with Crippen molar-refractivity contribution in [1.29, 1.82) is 0 Å². The van der Waals surface area contributed by atoms with Crippen LogP contribution >= 0.6 is 0 Å². The van der Waals surface area contributed by atoms with Crippen LogP contribution in [-0.4, -0.2) is 63.4 Å². The highest BCUT2D eigenvalue weighted by Crippen LogP contribution is 2.18. The largest absolute Gasteiger partial charge is 0.384 e. The van der Waals surface area contributed by atoms with Crippen LogP contribution in [0.4, 0.5) is 0 Å². The Labute approximate surface area is 131 Å². The predicted octanol–water partition coefficient (Wildman–Crippen LogP) is 0.864. The van der Waals surface area contributed by atoms with E-state index in [9.17, 15) is 13.2 Å². The minimum atomic E-state index is -3.47. The molecule has 0 aliphatic carbocycles. The van der Waals surface area contributed by atoms with Gasteiger partial charge in [0.15, 0.2) is 0 Å². The smallest absolute Gasteiger partial charge is 0.243 e. The molecule has 0 spiro atoms. The monoisotopic (exact) mass is 326 g/mol. The van der Waals surface area contributed by atoms with Crippen LogP contribution in [0.25, 0.3) is 0 Å². The van der Waals surface area contributed by atoms with Crippen molar-refractivity contribution in [2.75, 3.05) is 39.9 Å². The van der Waals surface area contributed by atoms with Gasteiger partial charge in [0, 0.05) is 33.3 Å². The molecule has 1 heterocycles. The Morgan fingerprint density at radius 2 is 1.73 bits per heavy atom. The molecule has 6 nitrogen and oxygen atoms in total. The second-order valence-electron chi connectivity index (χ2n) is 5.34. The number of amides is 1. The van der Waals surface area contributed by atoms with Gasteiger partial charge in [0.25, 0.3) is 0 Å². The first kappa shape index (κ1) is 16.9. The Bertz CT molecular complexity index is 605. The normalized spacial score (nSPS) is 16.7. The number of ether oxygens (including phenoxy) is 1. The van der Waals surface area contributed by atoms with E-state index in [0.29, 0.717) is 44.1 Å². The third kappa shape index (κ3) is 3.85. The first-order valence-corrected chi connectivity index (χ1v) is 8.72. The number of hydrogen-bond donors (Lipinski definition) is 0. The standard InChI is InChI=1S/C15H22N2O4S/c1-13-3-5-14(6-4-13)22(19,20)17-10-8-16(9-11-17)15(18)7-12-21-2/h3-6H,7-12H2,1-2H3. The number of piperazine rings is 1. The Morgan fingerprint density at radius 1 is 1.14 bits per heavy atom. The van der Waals surface area contributed by atoms with Crippen molar-refractivity contribution in [2.24, 2.45) is 0 Å². The number of sulfonamides is 1. The van der Waals surface area contributed by atoms with Gasteiger partial charge >= 0.3 is 0 Å². The quantitative estimate of drug-likeness (QED) is 0.805. The molecule has 1 amide bonds. The van der Waals surface area contributed by atoms with Gasteiger partial charge in [-0.3, -0.25) is 4.79 Å². The first-order valence-electron chi connectivity index (χ1n) is 7.28. The van der Waals surface area contributed by atoms with E-state index in [0.717, 1.165) is 5.56 Å². The summed E-state index contributed by atoms with van der Waals surface area (Å²) in [6.07, 6.45) is 0.335. The third-order valence-corrected chi connectivity index (χ3v) is 5.68. The van der Waals surface area contributed by atoms with Crippen LogP contribution in [0.5, 0.6) is 0 Å². The minimum absolute atomic E-state index is 0.00855. The average molecular weight is 326 g/mol. The average Bonchev–Trinajstić information content (AvgIpc) is 2.53. The summed E-state index contributed by atoms with van der Waals surface area (Å²) in [6, 6.07) is 6.83. The number of carbonyl (C=O) groups excluding carboxylic acids is 1. The summed E-state index contributed by atoms with van der Waals surface area (Å²) in [4.78, 5) is 13.9. The molecular formula is C15H22N2O4S. The summed E-state index contributed by atoms with van der Waals surface area (Å²) in [6.45, 7) is 3.81. The van der Waals surface area contributed by atoms with Crippen molar-refractivity contribution in [1.82, 2.24) is 9.21 Å². The van der Waals surface area contributed by atoms with Gasteiger partial charge in [0.05, 0.1) is 17.9 Å². The molecule has 122 valence electrons. The molecule has 0 aromatic heterocycles. The fourth-order valence-corrected chi connectivity index (χ4v) is 3.81. The van der Waals surface area contributed by atoms with E-state index < -0.39 is 10.0 Å². The molecule has 0 N–H and O–H groups in total. The minimum Gasteiger partial charge on any atom is -0.384 e. The van der Waals surface area contributed by atoms with Crippen LogP contribution in [0.2, 0.25) is 0 Å². The van der Waals surface area contributed by atoms with E-state index >= 15 is 0 Å². The van der Waals surface area contributed by atoms with Gasteiger partial charge in [-0.25, -0.2) is 8.42 Å². The Balaban J connectivity index is 1.98. The molecule has 1 aromatic rings. The molecule has 7 heteroatoms. The fourth-order valence-electron chi connectivity index (χ4n) is 2.38.